The molecular weight excluding hydrogens is 282 g/mol. The highest BCUT2D eigenvalue weighted by Crippen LogP contribution is 2.21. The summed E-state index contributed by atoms with van der Waals surface area (Å²) >= 11 is 0.686. The van der Waals surface area contributed by atoms with Crippen molar-refractivity contribution in [2.24, 2.45) is 0 Å². The minimum atomic E-state index is -4.09. The Kier molecular flexibility index (Phi) is 3.16. The van der Waals surface area contributed by atoms with Crippen molar-refractivity contribution in [3.8, 4) is 0 Å². The van der Waals surface area contributed by atoms with E-state index in [0.717, 1.165) is 5.51 Å². The zero-order chi connectivity index (χ0) is 13.2. The van der Waals surface area contributed by atoms with Gasteiger partial charge >= 0.3 is 5.97 Å². The average molecular weight is 287 g/mol. The van der Waals surface area contributed by atoms with Crippen molar-refractivity contribution in [2.75, 3.05) is 4.72 Å². The number of nitrogens with one attached hydrogen (secondary N) is 1. The zero-order valence-electron chi connectivity index (χ0n) is 8.51. The molecule has 0 spiro atoms. The number of thiazole rings is 1. The Labute approximate surface area is 105 Å². The second-order valence-electron chi connectivity index (χ2n) is 2.87. The monoisotopic (exact) mass is 287 g/mol. The number of aromatic nitrogens is 4. The van der Waals surface area contributed by atoms with Gasteiger partial charge in [0.05, 0.1) is 17.9 Å². The van der Waals surface area contributed by atoms with Gasteiger partial charge in [-0.05, 0) is 0 Å². The lowest BCUT2D eigenvalue weighted by Gasteiger charge is -2.03. The topological polar surface area (TPSA) is 135 Å². The lowest BCUT2D eigenvalue weighted by molar-refractivity contribution is 0.0687. The Bertz CT molecular complexity index is 668. The Morgan fingerprint density at radius 3 is 2.72 bits per heavy atom. The summed E-state index contributed by atoms with van der Waals surface area (Å²) < 4.78 is 25.3. The molecule has 0 fully saturated rings. The number of sulfonamides is 1. The first-order chi connectivity index (χ1) is 8.50. The van der Waals surface area contributed by atoms with E-state index in [9.17, 15) is 13.2 Å². The predicted molar refractivity (Wildman–Crippen MR) is 59.7 cm³/mol. The quantitative estimate of drug-likeness (QED) is 0.791. The van der Waals surface area contributed by atoms with Crippen LogP contribution in [-0.2, 0) is 10.0 Å². The number of hydrogen-bond donors (Lipinski definition) is 2. The highest BCUT2D eigenvalue weighted by atomic mass is 32.2. The van der Waals surface area contributed by atoms with Gasteiger partial charge < -0.3 is 5.11 Å². The van der Waals surface area contributed by atoms with Crippen molar-refractivity contribution < 1.29 is 18.3 Å². The second kappa shape index (κ2) is 4.62. The van der Waals surface area contributed by atoms with Crippen LogP contribution in [0.2, 0.25) is 0 Å². The van der Waals surface area contributed by atoms with E-state index in [0.29, 0.717) is 11.3 Å². The summed E-state index contributed by atoms with van der Waals surface area (Å²) in [5, 5.41) is 15.7. The number of aromatic carboxylic acids is 1. The van der Waals surface area contributed by atoms with Gasteiger partial charge in [-0.1, -0.05) is 0 Å². The molecule has 2 rings (SSSR count). The maximum Gasteiger partial charge on any atom is 0.356 e. The summed E-state index contributed by atoms with van der Waals surface area (Å²) in [7, 11) is -4.09. The number of carbonyl (C=O) groups is 1. The fraction of sp³-hybridized carbons (Fsp3) is 0. The molecule has 94 valence electrons. The van der Waals surface area contributed by atoms with E-state index in [2.05, 4.69) is 20.2 Å². The Morgan fingerprint density at radius 2 is 2.11 bits per heavy atom. The molecule has 0 saturated heterocycles. The molecule has 0 atom stereocenters. The van der Waals surface area contributed by atoms with E-state index >= 15 is 0 Å². The lowest BCUT2D eigenvalue weighted by Crippen LogP contribution is -2.17. The van der Waals surface area contributed by atoms with Crippen molar-refractivity contribution in [3.05, 3.63) is 23.6 Å². The molecule has 9 nitrogen and oxygen atoms in total. The molecule has 2 aromatic heterocycles. The van der Waals surface area contributed by atoms with E-state index in [4.69, 9.17) is 5.11 Å². The molecule has 2 N–H and O–H groups in total. The molecule has 0 aromatic carbocycles. The van der Waals surface area contributed by atoms with Crippen LogP contribution in [0.15, 0.2) is 22.1 Å². The van der Waals surface area contributed by atoms with E-state index in [1.165, 1.54) is 12.4 Å². The normalized spacial score (nSPS) is 11.1. The van der Waals surface area contributed by atoms with Gasteiger partial charge in [0, 0.05) is 0 Å². The summed E-state index contributed by atoms with van der Waals surface area (Å²) in [6.07, 6.45) is 2.52. The van der Waals surface area contributed by atoms with Crippen LogP contribution in [0.1, 0.15) is 10.5 Å². The maximum atomic E-state index is 11.9. The molecule has 0 aliphatic carbocycles. The van der Waals surface area contributed by atoms with Gasteiger partial charge in [-0.25, -0.2) is 27.9 Å². The highest BCUT2D eigenvalue weighted by Gasteiger charge is 2.26. The van der Waals surface area contributed by atoms with E-state index in [1.54, 1.807) is 0 Å². The number of anilines is 1. The van der Waals surface area contributed by atoms with E-state index < -0.39 is 25.9 Å². The standard InChI is InChI=1S/C7H5N5O4S2/c13-5(14)4-6(17-3-9-4)18(15,16)12-7-8-1-2-10-11-7/h1-3H,(H,13,14)(H,8,11,12). The minimum absolute atomic E-state index is 0.248. The fourth-order valence-electron chi connectivity index (χ4n) is 1.03. The Morgan fingerprint density at radius 1 is 1.33 bits per heavy atom. The summed E-state index contributed by atoms with van der Waals surface area (Å²) in [5.41, 5.74) is 0.582. The van der Waals surface area contributed by atoms with Gasteiger partial charge in [-0.15, -0.1) is 16.4 Å². The molecule has 11 heteroatoms. The van der Waals surface area contributed by atoms with Gasteiger partial charge in [0.2, 0.25) is 0 Å². The molecule has 0 aliphatic heterocycles. The molecule has 2 heterocycles. The smallest absolute Gasteiger partial charge is 0.356 e. The van der Waals surface area contributed by atoms with Crippen molar-refractivity contribution in [3.63, 3.8) is 0 Å². The van der Waals surface area contributed by atoms with Crippen LogP contribution in [0.3, 0.4) is 0 Å². The SMILES string of the molecule is O=C(O)c1ncsc1S(=O)(=O)Nc1nccnn1. The molecule has 0 saturated carbocycles. The predicted octanol–water partition coefficient (Wildman–Crippen LogP) is -0.173. The van der Waals surface area contributed by atoms with Crippen molar-refractivity contribution in [1.29, 1.82) is 0 Å². The first-order valence-corrected chi connectivity index (χ1v) is 6.70. The number of hydrogen-bond acceptors (Lipinski definition) is 8. The van der Waals surface area contributed by atoms with Gasteiger partial charge in [0.25, 0.3) is 16.0 Å². The fourth-order valence-corrected chi connectivity index (χ4v) is 3.12. The molecule has 0 amide bonds. The van der Waals surface area contributed by atoms with Crippen LogP contribution < -0.4 is 4.72 Å². The molecule has 0 bridgehead atoms. The molecule has 0 radical (unpaired) electrons. The lowest BCUT2D eigenvalue weighted by atomic mass is 10.5. The van der Waals surface area contributed by atoms with Crippen molar-refractivity contribution >= 4 is 33.3 Å². The molecular formula is C7H5N5O4S2. The van der Waals surface area contributed by atoms with E-state index in [1.807, 2.05) is 4.72 Å². The van der Waals surface area contributed by atoms with Crippen LogP contribution in [0.5, 0.6) is 0 Å². The van der Waals surface area contributed by atoms with Gasteiger partial charge in [-0.3, -0.25) is 0 Å². The van der Waals surface area contributed by atoms with Gasteiger partial charge in [0.1, 0.15) is 0 Å². The third-order valence-corrected chi connectivity index (χ3v) is 4.39. The minimum Gasteiger partial charge on any atom is -0.476 e. The number of carboxylic acid groups (broad SMARTS) is 1. The van der Waals surface area contributed by atoms with Crippen LogP contribution in [0.4, 0.5) is 5.95 Å². The average Bonchev–Trinajstić information content (AvgIpc) is 2.79. The number of nitrogens with zero attached hydrogens (tertiary/aromatic N) is 4. The van der Waals surface area contributed by atoms with Gasteiger partial charge in [-0.2, -0.15) is 5.10 Å². The number of carboxylic acids is 1. The Balaban J connectivity index is 2.37. The Hall–Kier alpha value is -2.14. The van der Waals surface area contributed by atoms with Crippen molar-refractivity contribution in [1.82, 2.24) is 20.2 Å². The van der Waals surface area contributed by atoms with Crippen LogP contribution in [0.25, 0.3) is 0 Å². The maximum absolute atomic E-state index is 11.9. The molecule has 18 heavy (non-hydrogen) atoms. The first-order valence-electron chi connectivity index (χ1n) is 4.34. The summed E-state index contributed by atoms with van der Waals surface area (Å²) in [6.45, 7) is 0. The molecule has 0 aliphatic rings. The summed E-state index contributed by atoms with van der Waals surface area (Å²) in [5.74, 6) is -1.68. The van der Waals surface area contributed by atoms with Crippen LogP contribution >= 0.6 is 11.3 Å². The zero-order valence-corrected chi connectivity index (χ0v) is 10.1. The van der Waals surface area contributed by atoms with E-state index in [-0.39, 0.29) is 5.95 Å². The van der Waals surface area contributed by atoms with Crippen LogP contribution in [-0.4, -0.2) is 39.7 Å². The van der Waals surface area contributed by atoms with Gasteiger partial charge in [0.15, 0.2) is 9.90 Å². The van der Waals surface area contributed by atoms with Crippen LogP contribution in [0, 0.1) is 0 Å². The highest BCUT2D eigenvalue weighted by molar-refractivity contribution is 7.94. The second-order valence-corrected chi connectivity index (χ2v) is 5.60. The first kappa shape index (κ1) is 12.3. The number of rotatable bonds is 4. The summed E-state index contributed by atoms with van der Waals surface area (Å²) in [6, 6.07) is 0. The third-order valence-electron chi connectivity index (χ3n) is 1.69. The molecule has 2 aromatic rings. The third kappa shape index (κ3) is 2.41. The molecule has 0 unspecified atom stereocenters. The summed E-state index contributed by atoms with van der Waals surface area (Å²) in [4.78, 5) is 17.9. The van der Waals surface area contributed by atoms with Crippen molar-refractivity contribution in [2.45, 2.75) is 4.21 Å². The largest absolute Gasteiger partial charge is 0.476 e.